The SMILES string of the molecule is C=CCC(C=O)C(=O)OCC. The molecule has 0 fully saturated rings. The quantitative estimate of drug-likeness (QED) is 0.257. The van der Waals surface area contributed by atoms with Crippen molar-refractivity contribution in [2.45, 2.75) is 13.3 Å². The number of ether oxygens (including phenoxy) is 1. The fourth-order valence-corrected chi connectivity index (χ4v) is 0.636. The summed E-state index contributed by atoms with van der Waals surface area (Å²) < 4.78 is 4.63. The zero-order valence-corrected chi connectivity index (χ0v) is 6.58. The van der Waals surface area contributed by atoms with Gasteiger partial charge in [-0.25, -0.2) is 0 Å². The van der Waals surface area contributed by atoms with Crippen LogP contribution < -0.4 is 0 Å². The van der Waals surface area contributed by atoms with Crippen molar-refractivity contribution in [3.8, 4) is 0 Å². The van der Waals surface area contributed by atoms with Crippen LogP contribution in [0.4, 0.5) is 0 Å². The van der Waals surface area contributed by atoms with E-state index in [1.54, 1.807) is 6.92 Å². The lowest BCUT2D eigenvalue weighted by molar-refractivity contribution is -0.149. The highest BCUT2D eigenvalue weighted by atomic mass is 16.5. The number of allylic oxidation sites excluding steroid dienone is 1. The molecule has 0 aliphatic rings. The van der Waals surface area contributed by atoms with Gasteiger partial charge in [-0.1, -0.05) is 6.08 Å². The number of aldehydes is 1. The molecule has 0 aliphatic heterocycles. The van der Waals surface area contributed by atoms with Crippen molar-refractivity contribution in [2.75, 3.05) is 6.61 Å². The fraction of sp³-hybridized carbons (Fsp3) is 0.500. The van der Waals surface area contributed by atoms with Crippen LogP contribution >= 0.6 is 0 Å². The molecule has 0 bridgehead atoms. The molecular weight excluding hydrogens is 144 g/mol. The van der Waals surface area contributed by atoms with Crippen LogP contribution in [0.5, 0.6) is 0 Å². The molecule has 0 aromatic rings. The topological polar surface area (TPSA) is 43.4 Å². The van der Waals surface area contributed by atoms with Gasteiger partial charge in [0.05, 0.1) is 6.61 Å². The van der Waals surface area contributed by atoms with Crippen LogP contribution in [0.25, 0.3) is 0 Å². The Morgan fingerprint density at radius 3 is 2.73 bits per heavy atom. The first-order chi connectivity index (χ1) is 5.26. The summed E-state index contributed by atoms with van der Waals surface area (Å²) in [7, 11) is 0. The zero-order chi connectivity index (χ0) is 8.69. The minimum Gasteiger partial charge on any atom is -0.465 e. The molecular formula is C8H12O3. The van der Waals surface area contributed by atoms with Gasteiger partial charge in [-0.3, -0.25) is 4.79 Å². The molecule has 62 valence electrons. The summed E-state index contributed by atoms with van der Waals surface area (Å²) in [6, 6.07) is 0. The summed E-state index contributed by atoms with van der Waals surface area (Å²) in [6.07, 6.45) is 2.46. The van der Waals surface area contributed by atoms with Gasteiger partial charge in [-0.05, 0) is 13.3 Å². The Morgan fingerprint density at radius 2 is 2.36 bits per heavy atom. The Bertz CT molecular complexity index is 151. The Balaban J connectivity index is 3.90. The lowest BCUT2D eigenvalue weighted by Gasteiger charge is -2.05. The van der Waals surface area contributed by atoms with Gasteiger partial charge < -0.3 is 9.53 Å². The van der Waals surface area contributed by atoms with Gasteiger partial charge in [-0.2, -0.15) is 0 Å². The van der Waals surface area contributed by atoms with Crippen molar-refractivity contribution in [1.29, 1.82) is 0 Å². The van der Waals surface area contributed by atoms with Crippen LogP contribution in [0, 0.1) is 5.92 Å². The molecule has 0 radical (unpaired) electrons. The van der Waals surface area contributed by atoms with E-state index in [4.69, 9.17) is 0 Å². The highest BCUT2D eigenvalue weighted by Gasteiger charge is 2.16. The van der Waals surface area contributed by atoms with E-state index in [1.807, 2.05) is 0 Å². The minimum atomic E-state index is -0.674. The van der Waals surface area contributed by atoms with Crippen molar-refractivity contribution in [3.05, 3.63) is 12.7 Å². The highest BCUT2D eigenvalue weighted by Crippen LogP contribution is 2.02. The Labute approximate surface area is 66.0 Å². The normalized spacial score (nSPS) is 11.7. The zero-order valence-electron chi connectivity index (χ0n) is 6.58. The number of hydrogen-bond donors (Lipinski definition) is 0. The maximum atomic E-state index is 10.9. The van der Waals surface area contributed by atoms with E-state index in [1.165, 1.54) is 6.08 Å². The molecule has 0 heterocycles. The van der Waals surface area contributed by atoms with E-state index in [2.05, 4.69) is 11.3 Å². The van der Waals surface area contributed by atoms with Crippen LogP contribution in [0.3, 0.4) is 0 Å². The molecule has 0 N–H and O–H groups in total. The fourth-order valence-electron chi connectivity index (χ4n) is 0.636. The predicted molar refractivity (Wildman–Crippen MR) is 41.0 cm³/mol. The Hall–Kier alpha value is -1.12. The van der Waals surface area contributed by atoms with Crippen molar-refractivity contribution in [1.82, 2.24) is 0 Å². The number of rotatable bonds is 5. The number of carbonyl (C=O) groups is 2. The average Bonchev–Trinajstić information content (AvgIpc) is 2.00. The predicted octanol–water partition coefficient (Wildman–Crippen LogP) is 0.941. The van der Waals surface area contributed by atoms with Crippen molar-refractivity contribution >= 4 is 12.3 Å². The summed E-state index contributed by atoms with van der Waals surface area (Å²) in [5.41, 5.74) is 0. The van der Waals surface area contributed by atoms with E-state index in [0.29, 0.717) is 19.3 Å². The number of esters is 1. The number of hydrogen-bond acceptors (Lipinski definition) is 3. The van der Waals surface area contributed by atoms with E-state index in [-0.39, 0.29) is 0 Å². The van der Waals surface area contributed by atoms with E-state index < -0.39 is 11.9 Å². The van der Waals surface area contributed by atoms with Gasteiger partial charge in [-0.15, -0.1) is 6.58 Å². The van der Waals surface area contributed by atoms with Gasteiger partial charge >= 0.3 is 5.97 Å². The molecule has 3 nitrogen and oxygen atoms in total. The van der Waals surface area contributed by atoms with Crippen molar-refractivity contribution in [3.63, 3.8) is 0 Å². The summed E-state index contributed by atoms with van der Waals surface area (Å²) >= 11 is 0. The first kappa shape index (κ1) is 9.88. The molecule has 0 saturated heterocycles. The molecule has 0 aromatic carbocycles. The molecule has 0 aromatic heterocycles. The second-order valence-electron chi connectivity index (χ2n) is 2.02. The van der Waals surface area contributed by atoms with E-state index in [9.17, 15) is 9.59 Å². The lowest BCUT2D eigenvalue weighted by Crippen LogP contribution is -2.18. The van der Waals surface area contributed by atoms with E-state index >= 15 is 0 Å². The van der Waals surface area contributed by atoms with Crippen molar-refractivity contribution in [2.24, 2.45) is 5.92 Å². The van der Waals surface area contributed by atoms with Crippen LogP contribution in [0.15, 0.2) is 12.7 Å². The van der Waals surface area contributed by atoms with E-state index in [0.717, 1.165) is 0 Å². The third-order valence-electron chi connectivity index (χ3n) is 1.17. The molecule has 1 unspecified atom stereocenters. The highest BCUT2D eigenvalue weighted by molar-refractivity contribution is 5.87. The summed E-state index contributed by atoms with van der Waals surface area (Å²) in [6.45, 7) is 5.43. The second kappa shape index (κ2) is 5.65. The van der Waals surface area contributed by atoms with Gasteiger partial charge in [0.2, 0.25) is 0 Å². The van der Waals surface area contributed by atoms with Gasteiger partial charge in [0.15, 0.2) is 0 Å². The molecule has 0 aliphatic carbocycles. The van der Waals surface area contributed by atoms with Gasteiger partial charge in [0, 0.05) is 0 Å². The summed E-state index contributed by atoms with van der Waals surface area (Å²) in [5.74, 6) is -1.14. The van der Waals surface area contributed by atoms with Crippen LogP contribution in [0.1, 0.15) is 13.3 Å². The maximum Gasteiger partial charge on any atom is 0.316 e. The first-order valence-electron chi connectivity index (χ1n) is 3.49. The summed E-state index contributed by atoms with van der Waals surface area (Å²) in [4.78, 5) is 21.1. The third kappa shape index (κ3) is 3.55. The van der Waals surface area contributed by atoms with Crippen molar-refractivity contribution < 1.29 is 14.3 Å². The van der Waals surface area contributed by atoms with Crippen LogP contribution in [0.2, 0.25) is 0 Å². The van der Waals surface area contributed by atoms with Crippen LogP contribution in [-0.2, 0) is 14.3 Å². The molecule has 0 rings (SSSR count). The Kier molecular flexibility index (Phi) is 5.07. The molecule has 0 spiro atoms. The van der Waals surface area contributed by atoms with Gasteiger partial charge in [0.1, 0.15) is 12.2 Å². The number of carbonyl (C=O) groups excluding carboxylic acids is 2. The van der Waals surface area contributed by atoms with Crippen LogP contribution in [-0.4, -0.2) is 18.9 Å². The molecule has 3 heteroatoms. The first-order valence-corrected chi connectivity index (χ1v) is 3.49. The smallest absolute Gasteiger partial charge is 0.316 e. The average molecular weight is 156 g/mol. The summed E-state index contributed by atoms with van der Waals surface area (Å²) in [5, 5.41) is 0. The third-order valence-corrected chi connectivity index (χ3v) is 1.17. The molecule has 0 saturated carbocycles. The largest absolute Gasteiger partial charge is 0.465 e. The minimum absolute atomic E-state index is 0.306. The maximum absolute atomic E-state index is 10.9. The molecule has 0 amide bonds. The Morgan fingerprint density at radius 1 is 1.73 bits per heavy atom. The standard InChI is InChI=1S/C8H12O3/c1-3-5-7(6-9)8(10)11-4-2/h3,6-7H,1,4-5H2,2H3. The van der Waals surface area contributed by atoms with Gasteiger partial charge in [0.25, 0.3) is 0 Å². The lowest BCUT2D eigenvalue weighted by atomic mass is 10.1. The second-order valence-corrected chi connectivity index (χ2v) is 2.02. The molecule has 11 heavy (non-hydrogen) atoms. The monoisotopic (exact) mass is 156 g/mol. The molecule has 1 atom stereocenters.